The molecular formula is C20H20N6. The van der Waals surface area contributed by atoms with Crippen LogP contribution in [-0.2, 0) is 6.54 Å². The summed E-state index contributed by atoms with van der Waals surface area (Å²) in [7, 11) is 0. The third kappa shape index (κ3) is 2.83. The van der Waals surface area contributed by atoms with Gasteiger partial charge in [-0.2, -0.15) is 0 Å². The lowest BCUT2D eigenvalue weighted by atomic mass is 10.1. The van der Waals surface area contributed by atoms with E-state index in [1.807, 2.05) is 18.3 Å². The van der Waals surface area contributed by atoms with Gasteiger partial charge in [-0.15, -0.1) is 0 Å². The number of anilines is 2. The first-order chi connectivity index (χ1) is 12.8. The molecule has 1 aromatic carbocycles. The van der Waals surface area contributed by atoms with E-state index in [0.717, 1.165) is 35.8 Å². The van der Waals surface area contributed by atoms with Crippen molar-refractivity contribution in [1.29, 1.82) is 0 Å². The van der Waals surface area contributed by atoms with Gasteiger partial charge in [-0.1, -0.05) is 12.1 Å². The van der Waals surface area contributed by atoms with Gasteiger partial charge in [-0.05, 0) is 48.1 Å². The van der Waals surface area contributed by atoms with Crippen molar-refractivity contribution in [2.75, 3.05) is 23.3 Å². The molecule has 130 valence electrons. The highest BCUT2D eigenvalue weighted by Crippen LogP contribution is 2.21. The van der Waals surface area contributed by atoms with E-state index in [4.69, 9.17) is 4.98 Å². The van der Waals surface area contributed by atoms with Crippen molar-refractivity contribution >= 4 is 33.7 Å². The summed E-state index contributed by atoms with van der Waals surface area (Å²) in [5, 5.41) is 4.58. The van der Waals surface area contributed by atoms with Crippen LogP contribution in [-0.4, -0.2) is 33.0 Å². The Kier molecular flexibility index (Phi) is 3.66. The van der Waals surface area contributed by atoms with Gasteiger partial charge in [0.2, 0.25) is 0 Å². The first-order valence-electron chi connectivity index (χ1n) is 9.04. The number of aromatic nitrogens is 4. The molecule has 6 nitrogen and oxygen atoms in total. The summed E-state index contributed by atoms with van der Waals surface area (Å²) < 4.78 is 0. The van der Waals surface area contributed by atoms with Crippen LogP contribution in [0.5, 0.6) is 0 Å². The average molecular weight is 344 g/mol. The predicted octanol–water partition coefficient (Wildman–Crippen LogP) is 3.72. The summed E-state index contributed by atoms with van der Waals surface area (Å²) >= 11 is 0. The van der Waals surface area contributed by atoms with Gasteiger partial charge in [0.15, 0.2) is 5.65 Å². The fourth-order valence-electron chi connectivity index (χ4n) is 3.49. The van der Waals surface area contributed by atoms with Crippen LogP contribution in [0.25, 0.3) is 22.1 Å². The first-order valence-corrected chi connectivity index (χ1v) is 9.04. The van der Waals surface area contributed by atoms with Crippen molar-refractivity contribution in [2.24, 2.45) is 0 Å². The highest BCUT2D eigenvalue weighted by atomic mass is 15.2. The predicted molar refractivity (Wildman–Crippen MR) is 104 cm³/mol. The molecule has 0 bridgehead atoms. The largest absolute Gasteiger partial charge is 0.365 e. The fraction of sp³-hybridized carbons (Fsp3) is 0.250. The van der Waals surface area contributed by atoms with Crippen LogP contribution in [0, 0.1) is 0 Å². The van der Waals surface area contributed by atoms with Crippen LogP contribution >= 0.6 is 0 Å². The second kappa shape index (κ2) is 6.29. The minimum absolute atomic E-state index is 0.694. The highest BCUT2D eigenvalue weighted by molar-refractivity contribution is 5.80. The van der Waals surface area contributed by atoms with Crippen molar-refractivity contribution in [3.05, 3.63) is 54.4 Å². The van der Waals surface area contributed by atoms with E-state index < -0.39 is 0 Å². The molecule has 0 radical (unpaired) electrons. The zero-order valence-corrected chi connectivity index (χ0v) is 14.4. The highest BCUT2D eigenvalue weighted by Gasteiger charge is 2.14. The Morgan fingerprint density at radius 2 is 1.96 bits per heavy atom. The lowest BCUT2D eigenvalue weighted by molar-refractivity contribution is 0.940. The van der Waals surface area contributed by atoms with Crippen molar-refractivity contribution in [2.45, 2.75) is 19.4 Å². The zero-order chi connectivity index (χ0) is 17.3. The number of benzene rings is 1. The second-order valence-electron chi connectivity index (χ2n) is 6.71. The van der Waals surface area contributed by atoms with E-state index in [1.165, 1.54) is 23.8 Å². The maximum Gasteiger partial charge on any atom is 0.182 e. The molecule has 2 N–H and O–H groups in total. The van der Waals surface area contributed by atoms with Gasteiger partial charge in [0.05, 0.1) is 6.20 Å². The molecule has 3 aromatic heterocycles. The Labute approximate surface area is 151 Å². The zero-order valence-electron chi connectivity index (χ0n) is 14.4. The maximum absolute atomic E-state index is 4.71. The number of aromatic amines is 1. The van der Waals surface area contributed by atoms with Crippen molar-refractivity contribution in [3.8, 4) is 0 Å². The first kappa shape index (κ1) is 15.1. The Bertz CT molecular complexity index is 1060. The van der Waals surface area contributed by atoms with Gasteiger partial charge in [0, 0.05) is 31.3 Å². The summed E-state index contributed by atoms with van der Waals surface area (Å²) in [4.78, 5) is 19.4. The Morgan fingerprint density at radius 1 is 1.04 bits per heavy atom. The van der Waals surface area contributed by atoms with Gasteiger partial charge < -0.3 is 15.2 Å². The van der Waals surface area contributed by atoms with E-state index in [9.17, 15) is 0 Å². The topological polar surface area (TPSA) is 69.7 Å². The van der Waals surface area contributed by atoms with Crippen LogP contribution < -0.4 is 10.2 Å². The van der Waals surface area contributed by atoms with Crippen LogP contribution in [0.3, 0.4) is 0 Å². The van der Waals surface area contributed by atoms with E-state index in [-0.39, 0.29) is 0 Å². The smallest absolute Gasteiger partial charge is 0.182 e. The molecule has 4 heterocycles. The number of hydrogen-bond donors (Lipinski definition) is 2. The van der Waals surface area contributed by atoms with Crippen LogP contribution in [0.1, 0.15) is 18.4 Å². The molecule has 4 aromatic rings. The van der Waals surface area contributed by atoms with Crippen molar-refractivity contribution in [1.82, 2.24) is 19.9 Å². The lowest BCUT2D eigenvalue weighted by Gasteiger charge is -2.16. The number of nitrogens with zero attached hydrogens (tertiary/aromatic N) is 4. The van der Waals surface area contributed by atoms with Gasteiger partial charge >= 0.3 is 0 Å². The SMILES string of the molecule is c1cc2ccc(CNc3cnc4ccc(N5CCCC5)nc4n3)cc2[nH]1. The standard InChI is InChI=1S/C20H20N6/c1-2-10-26(9-1)19-6-5-16-20(25-19)24-18(13-22-16)23-12-14-3-4-15-7-8-21-17(15)11-14/h3-8,11,13,21H,1-2,9-10,12H2,(H,23,24,25). The quantitative estimate of drug-likeness (QED) is 0.590. The Balaban J connectivity index is 1.37. The van der Waals surface area contributed by atoms with E-state index >= 15 is 0 Å². The molecule has 1 aliphatic heterocycles. The maximum atomic E-state index is 4.71. The number of hydrogen-bond acceptors (Lipinski definition) is 5. The summed E-state index contributed by atoms with van der Waals surface area (Å²) in [6.07, 6.45) is 6.20. The third-order valence-electron chi connectivity index (χ3n) is 4.92. The molecule has 5 rings (SSSR count). The monoisotopic (exact) mass is 344 g/mol. The molecular weight excluding hydrogens is 324 g/mol. The van der Waals surface area contributed by atoms with Crippen LogP contribution in [0.15, 0.2) is 48.8 Å². The minimum atomic E-state index is 0.694. The van der Waals surface area contributed by atoms with Crippen LogP contribution in [0.4, 0.5) is 11.6 Å². The molecule has 6 heteroatoms. The molecule has 0 amide bonds. The number of pyridine rings is 1. The summed E-state index contributed by atoms with van der Waals surface area (Å²) in [5.41, 5.74) is 3.86. The van der Waals surface area contributed by atoms with Crippen molar-refractivity contribution < 1.29 is 0 Å². The summed E-state index contributed by atoms with van der Waals surface area (Å²) in [6.45, 7) is 2.84. The second-order valence-corrected chi connectivity index (χ2v) is 6.71. The number of H-pyrrole nitrogens is 1. The molecule has 0 spiro atoms. The molecule has 0 atom stereocenters. The van der Waals surface area contributed by atoms with Gasteiger partial charge in [-0.25, -0.2) is 15.0 Å². The molecule has 0 unspecified atom stereocenters. The van der Waals surface area contributed by atoms with E-state index in [0.29, 0.717) is 12.2 Å². The summed E-state index contributed by atoms with van der Waals surface area (Å²) in [6, 6.07) is 12.5. The number of nitrogens with one attached hydrogen (secondary N) is 2. The molecule has 1 fully saturated rings. The van der Waals surface area contributed by atoms with Gasteiger partial charge in [0.25, 0.3) is 0 Å². The lowest BCUT2D eigenvalue weighted by Crippen LogP contribution is -2.18. The number of fused-ring (bicyclic) bond motifs is 2. The van der Waals surface area contributed by atoms with Gasteiger partial charge in [0.1, 0.15) is 17.2 Å². The third-order valence-corrected chi connectivity index (χ3v) is 4.92. The average Bonchev–Trinajstić information content (AvgIpc) is 3.37. The molecule has 1 aliphatic rings. The number of rotatable bonds is 4. The molecule has 0 saturated carbocycles. The minimum Gasteiger partial charge on any atom is -0.365 e. The Hall–Kier alpha value is -3.15. The van der Waals surface area contributed by atoms with E-state index in [2.05, 4.69) is 49.4 Å². The summed E-state index contributed by atoms with van der Waals surface area (Å²) in [5.74, 6) is 1.74. The fourth-order valence-corrected chi connectivity index (χ4v) is 3.49. The van der Waals surface area contributed by atoms with Gasteiger partial charge in [-0.3, -0.25) is 0 Å². The normalized spacial score (nSPS) is 14.4. The molecule has 0 aliphatic carbocycles. The van der Waals surface area contributed by atoms with Crippen LogP contribution in [0.2, 0.25) is 0 Å². The Morgan fingerprint density at radius 3 is 2.88 bits per heavy atom. The molecule has 26 heavy (non-hydrogen) atoms. The molecule has 1 saturated heterocycles. The van der Waals surface area contributed by atoms with Crippen molar-refractivity contribution in [3.63, 3.8) is 0 Å². The van der Waals surface area contributed by atoms with E-state index in [1.54, 1.807) is 6.20 Å².